The Hall–Kier alpha value is -2.39. The minimum atomic E-state index is -0.713. The van der Waals surface area contributed by atoms with Crippen LogP contribution in [0.2, 0.25) is 0 Å². The van der Waals surface area contributed by atoms with E-state index in [4.69, 9.17) is 4.74 Å². The minimum absolute atomic E-state index is 0.0251. The molecule has 1 aromatic heterocycles. The SMILES string of the molecule is CCOC(=O)c1cc([N+](=O)[O-])sc1NC(=O)c1cccc(SC)c1. The number of benzene rings is 1. The number of rotatable bonds is 6. The van der Waals surface area contributed by atoms with Gasteiger partial charge in [0.2, 0.25) is 0 Å². The normalized spacial score (nSPS) is 10.2. The summed E-state index contributed by atoms with van der Waals surface area (Å²) in [7, 11) is 0. The second-order valence-corrected chi connectivity index (χ2v) is 6.40. The maximum absolute atomic E-state index is 12.4. The molecular formula is C15H14N2O5S2. The Bertz CT molecular complexity index is 788. The van der Waals surface area contributed by atoms with Crippen LogP contribution in [-0.4, -0.2) is 29.7 Å². The van der Waals surface area contributed by atoms with E-state index in [1.54, 1.807) is 25.1 Å². The third-order valence-electron chi connectivity index (χ3n) is 2.95. The molecule has 0 bridgehead atoms. The first kappa shape index (κ1) is 18.0. The Kier molecular flexibility index (Phi) is 5.93. The van der Waals surface area contributed by atoms with Crippen molar-refractivity contribution in [3.63, 3.8) is 0 Å². The molecule has 1 amide bonds. The molecule has 7 nitrogen and oxygen atoms in total. The van der Waals surface area contributed by atoms with E-state index in [1.807, 2.05) is 12.3 Å². The smallest absolute Gasteiger partial charge is 0.341 e. The number of anilines is 1. The standard InChI is InChI=1S/C15H14N2O5S2/c1-3-22-15(19)11-8-12(17(20)21)24-14(11)16-13(18)9-5-4-6-10(7-9)23-2/h4-8H,3H2,1-2H3,(H,16,18). The Morgan fingerprint density at radius 2 is 2.12 bits per heavy atom. The maximum Gasteiger partial charge on any atom is 0.341 e. The number of carbonyl (C=O) groups excluding carboxylic acids is 2. The fourth-order valence-electron chi connectivity index (χ4n) is 1.86. The van der Waals surface area contributed by atoms with Crippen molar-refractivity contribution in [1.82, 2.24) is 0 Å². The van der Waals surface area contributed by atoms with E-state index in [2.05, 4.69) is 5.32 Å². The molecule has 1 N–H and O–H groups in total. The predicted molar refractivity (Wildman–Crippen MR) is 93.1 cm³/mol. The summed E-state index contributed by atoms with van der Waals surface area (Å²) in [6.07, 6.45) is 1.89. The van der Waals surface area contributed by atoms with Crippen molar-refractivity contribution in [2.75, 3.05) is 18.2 Å². The van der Waals surface area contributed by atoms with Crippen LogP contribution < -0.4 is 5.32 Å². The molecule has 2 rings (SSSR count). The zero-order valence-corrected chi connectivity index (χ0v) is 14.5. The molecule has 24 heavy (non-hydrogen) atoms. The summed E-state index contributed by atoms with van der Waals surface area (Å²) < 4.78 is 4.88. The summed E-state index contributed by atoms with van der Waals surface area (Å²) >= 11 is 2.21. The second kappa shape index (κ2) is 7.93. The number of carbonyl (C=O) groups is 2. The topological polar surface area (TPSA) is 98.5 Å². The van der Waals surface area contributed by atoms with Crippen molar-refractivity contribution in [2.45, 2.75) is 11.8 Å². The highest BCUT2D eigenvalue weighted by molar-refractivity contribution is 7.98. The van der Waals surface area contributed by atoms with E-state index < -0.39 is 16.8 Å². The molecule has 1 aromatic carbocycles. The number of thiophene rings is 1. The van der Waals surface area contributed by atoms with Crippen LogP contribution in [0, 0.1) is 10.1 Å². The zero-order valence-electron chi connectivity index (χ0n) is 12.9. The van der Waals surface area contributed by atoms with E-state index in [0.717, 1.165) is 22.3 Å². The van der Waals surface area contributed by atoms with Gasteiger partial charge in [-0.25, -0.2) is 4.79 Å². The summed E-state index contributed by atoms with van der Waals surface area (Å²) in [4.78, 5) is 35.5. The highest BCUT2D eigenvalue weighted by Crippen LogP contribution is 2.34. The molecule has 126 valence electrons. The molecule has 9 heteroatoms. The number of hydrogen-bond acceptors (Lipinski definition) is 7. The highest BCUT2D eigenvalue weighted by Gasteiger charge is 2.24. The lowest BCUT2D eigenvalue weighted by atomic mass is 10.2. The van der Waals surface area contributed by atoms with Crippen LogP contribution >= 0.6 is 23.1 Å². The Labute approximate surface area is 146 Å². The van der Waals surface area contributed by atoms with Gasteiger partial charge in [0.1, 0.15) is 10.6 Å². The Balaban J connectivity index is 2.31. The van der Waals surface area contributed by atoms with Gasteiger partial charge < -0.3 is 10.1 Å². The third kappa shape index (κ3) is 4.12. The fraction of sp³-hybridized carbons (Fsp3) is 0.200. The molecule has 0 aliphatic carbocycles. The average Bonchev–Trinajstić information content (AvgIpc) is 2.99. The molecule has 0 spiro atoms. The summed E-state index contributed by atoms with van der Waals surface area (Å²) in [6.45, 7) is 1.76. The van der Waals surface area contributed by atoms with Crippen LogP contribution in [0.5, 0.6) is 0 Å². The molecule has 0 fully saturated rings. The molecule has 0 saturated carbocycles. The van der Waals surface area contributed by atoms with Crippen LogP contribution in [0.25, 0.3) is 0 Å². The summed E-state index contributed by atoms with van der Waals surface area (Å²) in [5, 5.41) is 13.3. The molecule has 0 unspecified atom stereocenters. The molecule has 0 aliphatic heterocycles. The number of thioether (sulfide) groups is 1. The molecule has 0 atom stereocenters. The first-order valence-corrected chi connectivity index (χ1v) is 8.91. The van der Waals surface area contributed by atoms with Gasteiger partial charge in [0, 0.05) is 16.5 Å². The van der Waals surface area contributed by atoms with E-state index in [-0.39, 0.29) is 22.2 Å². The fourth-order valence-corrected chi connectivity index (χ4v) is 3.18. The van der Waals surface area contributed by atoms with Crippen molar-refractivity contribution < 1.29 is 19.2 Å². The van der Waals surface area contributed by atoms with Crippen LogP contribution in [0.1, 0.15) is 27.6 Å². The number of amides is 1. The molecule has 2 aromatic rings. The molecular weight excluding hydrogens is 352 g/mol. The monoisotopic (exact) mass is 366 g/mol. The van der Waals surface area contributed by atoms with Crippen molar-refractivity contribution in [3.8, 4) is 0 Å². The predicted octanol–water partition coefficient (Wildman–Crippen LogP) is 3.81. The first-order chi connectivity index (χ1) is 11.5. The lowest BCUT2D eigenvalue weighted by Crippen LogP contribution is -2.14. The van der Waals surface area contributed by atoms with Crippen molar-refractivity contribution in [3.05, 3.63) is 51.6 Å². The molecule has 1 heterocycles. The summed E-state index contributed by atoms with van der Waals surface area (Å²) in [6, 6.07) is 8.04. The van der Waals surface area contributed by atoms with Crippen LogP contribution in [-0.2, 0) is 4.74 Å². The van der Waals surface area contributed by atoms with E-state index in [1.165, 1.54) is 11.8 Å². The lowest BCUT2D eigenvalue weighted by molar-refractivity contribution is -0.380. The Morgan fingerprint density at radius 3 is 2.75 bits per heavy atom. The number of hydrogen-bond donors (Lipinski definition) is 1. The minimum Gasteiger partial charge on any atom is -0.462 e. The quantitative estimate of drug-likeness (QED) is 0.361. The number of nitrogens with one attached hydrogen (secondary N) is 1. The van der Waals surface area contributed by atoms with Gasteiger partial charge >= 0.3 is 11.0 Å². The number of ether oxygens (including phenoxy) is 1. The highest BCUT2D eigenvalue weighted by atomic mass is 32.2. The molecule has 0 aliphatic rings. The molecule has 0 radical (unpaired) electrons. The van der Waals surface area contributed by atoms with Crippen molar-refractivity contribution in [1.29, 1.82) is 0 Å². The van der Waals surface area contributed by atoms with Gasteiger partial charge in [0.15, 0.2) is 0 Å². The van der Waals surface area contributed by atoms with Crippen molar-refractivity contribution >= 4 is 45.0 Å². The summed E-state index contributed by atoms with van der Waals surface area (Å²) in [5.41, 5.74) is 0.371. The van der Waals surface area contributed by atoms with Gasteiger partial charge in [-0.15, -0.1) is 11.8 Å². The van der Waals surface area contributed by atoms with Crippen molar-refractivity contribution in [2.24, 2.45) is 0 Å². The molecule has 0 saturated heterocycles. The van der Waals surface area contributed by atoms with Gasteiger partial charge in [-0.1, -0.05) is 6.07 Å². The average molecular weight is 366 g/mol. The van der Waals surface area contributed by atoms with Gasteiger partial charge in [0.25, 0.3) is 5.91 Å². The zero-order chi connectivity index (χ0) is 17.7. The van der Waals surface area contributed by atoms with Gasteiger partial charge in [-0.2, -0.15) is 0 Å². The maximum atomic E-state index is 12.4. The van der Waals surface area contributed by atoms with Gasteiger partial charge in [-0.3, -0.25) is 14.9 Å². The van der Waals surface area contributed by atoms with E-state index >= 15 is 0 Å². The largest absolute Gasteiger partial charge is 0.462 e. The third-order valence-corrected chi connectivity index (χ3v) is 4.68. The van der Waals surface area contributed by atoms with E-state index in [9.17, 15) is 19.7 Å². The van der Waals surface area contributed by atoms with E-state index in [0.29, 0.717) is 5.56 Å². The second-order valence-electron chi connectivity index (χ2n) is 4.49. The first-order valence-electron chi connectivity index (χ1n) is 6.87. The van der Waals surface area contributed by atoms with Crippen LogP contribution in [0.15, 0.2) is 35.2 Å². The number of nitrogens with zero attached hydrogens (tertiary/aromatic N) is 1. The van der Waals surface area contributed by atoms with Gasteiger partial charge in [0.05, 0.1) is 11.5 Å². The number of nitro groups is 1. The lowest BCUT2D eigenvalue weighted by Gasteiger charge is -2.06. The van der Waals surface area contributed by atoms with Gasteiger partial charge in [-0.05, 0) is 42.7 Å². The number of esters is 1. The van der Waals surface area contributed by atoms with Crippen LogP contribution in [0.3, 0.4) is 0 Å². The summed E-state index contributed by atoms with van der Waals surface area (Å²) in [5.74, 6) is -1.16. The van der Waals surface area contributed by atoms with Crippen LogP contribution in [0.4, 0.5) is 10.0 Å². The Morgan fingerprint density at radius 1 is 1.38 bits per heavy atom.